The smallest absolute Gasteiger partial charge is 0.101 e. The van der Waals surface area contributed by atoms with Gasteiger partial charge in [0.1, 0.15) is 5.84 Å². The fourth-order valence-corrected chi connectivity index (χ4v) is 2.12. The number of amidine groups is 1. The summed E-state index contributed by atoms with van der Waals surface area (Å²) in [6.07, 6.45) is 6.22. The molecule has 1 aromatic rings. The molecule has 0 unspecified atom stereocenters. The third-order valence-electron chi connectivity index (χ3n) is 2.76. The number of hydrogen-bond acceptors (Lipinski definition) is 2. The van der Waals surface area contributed by atoms with Gasteiger partial charge in [-0.15, -0.1) is 0 Å². The predicted molar refractivity (Wildman–Crippen MR) is 73.2 cm³/mol. The van der Waals surface area contributed by atoms with E-state index in [2.05, 4.69) is 38.4 Å². The first-order chi connectivity index (χ1) is 7.84. The standard InChI is InChI=1S/C13H17BrN2/c14-11-6-8-12(9-7-11)16-13-5-3-1-2-4-10-15-13/h6-9H,1-5,10H2,(H,15,16). The molecular formula is C13H17BrN2. The van der Waals surface area contributed by atoms with E-state index in [0.717, 1.165) is 29.0 Å². The van der Waals surface area contributed by atoms with E-state index in [1.54, 1.807) is 0 Å². The van der Waals surface area contributed by atoms with Gasteiger partial charge in [0.05, 0.1) is 0 Å². The molecule has 1 aromatic carbocycles. The second-order valence-corrected chi connectivity index (χ2v) is 5.04. The number of hydrogen-bond donors (Lipinski definition) is 1. The van der Waals surface area contributed by atoms with Gasteiger partial charge in [-0.3, -0.25) is 4.99 Å². The minimum absolute atomic E-state index is 0.971. The molecule has 0 fully saturated rings. The Balaban J connectivity index is 1.99. The summed E-state index contributed by atoms with van der Waals surface area (Å²) in [5.41, 5.74) is 1.13. The van der Waals surface area contributed by atoms with Gasteiger partial charge in [-0.2, -0.15) is 0 Å². The summed E-state index contributed by atoms with van der Waals surface area (Å²) >= 11 is 3.44. The van der Waals surface area contributed by atoms with Crippen LogP contribution in [0.25, 0.3) is 0 Å². The van der Waals surface area contributed by atoms with Gasteiger partial charge < -0.3 is 5.32 Å². The summed E-state index contributed by atoms with van der Waals surface area (Å²) in [6.45, 7) is 0.971. The van der Waals surface area contributed by atoms with Crippen molar-refractivity contribution in [3.63, 3.8) is 0 Å². The lowest BCUT2D eigenvalue weighted by molar-refractivity contribution is 0.644. The third-order valence-corrected chi connectivity index (χ3v) is 3.29. The van der Waals surface area contributed by atoms with Crippen molar-refractivity contribution >= 4 is 27.5 Å². The third kappa shape index (κ3) is 3.63. The monoisotopic (exact) mass is 280 g/mol. The minimum atomic E-state index is 0.971. The zero-order chi connectivity index (χ0) is 11.2. The molecule has 16 heavy (non-hydrogen) atoms. The topological polar surface area (TPSA) is 24.4 Å². The zero-order valence-corrected chi connectivity index (χ0v) is 11.0. The molecule has 0 aromatic heterocycles. The second kappa shape index (κ2) is 6.04. The molecule has 0 aliphatic carbocycles. The van der Waals surface area contributed by atoms with Crippen LogP contribution in [0.2, 0.25) is 0 Å². The zero-order valence-electron chi connectivity index (χ0n) is 9.38. The summed E-state index contributed by atoms with van der Waals surface area (Å²) in [5.74, 6) is 1.14. The van der Waals surface area contributed by atoms with Gasteiger partial charge in [-0.05, 0) is 37.1 Å². The first kappa shape index (κ1) is 11.6. The molecule has 2 nitrogen and oxygen atoms in total. The van der Waals surface area contributed by atoms with Crippen LogP contribution in [0.1, 0.15) is 32.1 Å². The fourth-order valence-electron chi connectivity index (χ4n) is 1.85. The van der Waals surface area contributed by atoms with Gasteiger partial charge in [-0.25, -0.2) is 0 Å². The fraction of sp³-hybridized carbons (Fsp3) is 0.462. The number of nitrogens with one attached hydrogen (secondary N) is 1. The van der Waals surface area contributed by atoms with Gasteiger partial charge in [0, 0.05) is 23.1 Å². The summed E-state index contributed by atoms with van der Waals surface area (Å²) < 4.78 is 1.11. The van der Waals surface area contributed by atoms with Crippen molar-refractivity contribution < 1.29 is 0 Å². The van der Waals surface area contributed by atoms with Crippen LogP contribution in [0.4, 0.5) is 5.69 Å². The maximum Gasteiger partial charge on any atom is 0.101 e. The molecule has 0 atom stereocenters. The van der Waals surface area contributed by atoms with E-state index in [0.29, 0.717) is 0 Å². The van der Waals surface area contributed by atoms with E-state index < -0.39 is 0 Å². The van der Waals surface area contributed by atoms with Crippen molar-refractivity contribution in [1.29, 1.82) is 0 Å². The van der Waals surface area contributed by atoms with E-state index >= 15 is 0 Å². The van der Waals surface area contributed by atoms with Gasteiger partial charge in [-0.1, -0.05) is 28.8 Å². The van der Waals surface area contributed by atoms with Crippen molar-refractivity contribution in [3.8, 4) is 0 Å². The highest BCUT2D eigenvalue weighted by molar-refractivity contribution is 9.10. The summed E-state index contributed by atoms with van der Waals surface area (Å²) in [4.78, 5) is 4.59. The quantitative estimate of drug-likeness (QED) is 0.818. The van der Waals surface area contributed by atoms with Crippen LogP contribution >= 0.6 is 15.9 Å². The van der Waals surface area contributed by atoms with Gasteiger partial charge in [0.25, 0.3) is 0 Å². The Kier molecular flexibility index (Phi) is 4.40. The molecule has 1 aliphatic heterocycles. The lowest BCUT2D eigenvalue weighted by Crippen LogP contribution is -2.14. The number of aliphatic imine (C=N–C) groups is 1. The molecule has 2 rings (SSSR count). The van der Waals surface area contributed by atoms with Crippen LogP contribution < -0.4 is 5.32 Å². The molecule has 1 N–H and O–H groups in total. The van der Waals surface area contributed by atoms with Crippen molar-refractivity contribution in [2.75, 3.05) is 11.9 Å². The number of anilines is 1. The minimum Gasteiger partial charge on any atom is -0.344 e. The molecule has 86 valence electrons. The highest BCUT2D eigenvalue weighted by Crippen LogP contribution is 2.16. The van der Waals surface area contributed by atoms with Crippen LogP contribution in [-0.4, -0.2) is 12.4 Å². The van der Waals surface area contributed by atoms with E-state index in [-0.39, 0.29) is 0 Å². The largest absolute Gasteiger partial charge is 0.344 e. The average molecular weight is 281 g/mol. The second-order valence-electron chi connectivity index (χ2n) is 4.12. The van der Waals surface area contributed by atoms with Crippen molar-refractivity contribution in [2.24, 2.45) is 4.99 Å². The molecule has 0 bridgehead atoms. The highest BCUT2D eigenvalue weighted by Gasteiger charge is 2.03. The number of rotatable bonds is 1. The highest BCUT2D eigenvalue weighted by atomic mass is 79.9. The van der Waals surface area contributed by atoms with E-state index in [1.807, 2.05) is 12.1 Å². The average Bonchev–Trinajstić information content (AvgIpc) is 2.25. The van der Waals surface area contributed by atoms with E-state index in [9.17, 15) is 0 Å². The maximum atomic E-state index is 4.59. The summed E-state index contributed by atoms with van der Waals surface area (Å²) in [5, 5.41) is 3.40. The summed E-state index contributed by atoms with van der Waals surface area (Å²) in [6, 6.07) is 8.24. The van der Waals surface area contributed by atoms with Gasteiger partial charge in [0.15, 0.2) is 0 Å². The lowest BCUT2D eigenvalue weighted by atomic mass is 10.1. The number of nitrogens with zero attached hydrogens (tertiary/aromatic N) is 1. The van der Waals surface area contributed by atoms with Crippen molar-refractivity contribution in [2.45, 2.75) is 32.1 Å². The number of halogens is 1. The van der Waals surface area contributed by atoms with Crippen molar-refractivity contribution in [1.82, 2.24) is 0 Å². The molecular weight excluding hydrogens is 264 g/mol. The molecule has 0 amide bonds. The molecule has 3 heteroatoms. The molecule has 0 radical (unpaired) electrons. The first-order valence-electron chi connectivity index (χ1n) is 5.90. The Hall–Kier alpha value is -0.830. The maximum absolute atomic E-state index is 4.59. The van der Waals surface area contributed by atoms with Gasteiger partial charge >= 0.3 is 0 Å². The van der Waals surface area contributed by atoms with Crippen LogP contribution in [0.3, 0.4) is 0 Å². The normalized spacial score (nSPS) is 17.2. The Morgan fingerprint density at radius 1 is 1.00 bits per heavy atom. The SMILES string of the molecule is Brc1ccc(NC2=NCCCCCC2)cc1. The Morgan fingerprint density at radius 3 is 2.56 bits per heavy atom. The van der Waals surface area contributed by atoms with Crippen LogP contribution in [0, 0.1) is 0 Å². The Morgan fingerprint density at radius 2 is 1.75 bits per heavy atom. The first-order valence-corrected chi connectivity index (χ1v) is 6.70. The number of benzene rings is 1. The van der Waals surface area contributed by atoms with Gasteiger partial charge in [0.2, 0.25) is 0 Å². The van der Waals surface area contributed by atoms with Crippen molar-refractivity contribution in [3.05, 3.63) is 28.7 Å². The molecule has 1 aliphatic rings. The Bertz CT molecular complexity index is 357. The Labute approximate surface area is 105 Å². The summed E-state index contributed by atoms with van der Waals surface area (Å²) in [7, 11) is 0. The van der Waals surface area contributed by atoms with Crippen LogP contribution in [0.5, 0.6) is 0 Å². The molecule has 0 saturated carbocycles. The molecule has 0 saturated heterocycles. The molecule has 0 spiro atoms. The van der Waals surface area contributed by atoms with E-state index in [1.165, 1.54) is 25.7 Å². The lowest BCUT2D eigenvalue weighted by Gasteiger charge is -2.12. The molecule has 1 heterocycles. The van der Waals surface area contributed by atoms with E-state index in [4.69, 9.17) is 0 Å². The predicted octanol–water partition coefficient (Wildman–Crippen LogP) is 4.22. The van der Waals surface area contributed by atoms with Crippen LogP contribution in [-0.2, 0) is 0 Å². The van der Waals surface area contributed by atoms with Crippen LogP contribution in [0.15, 0.2) is 33.7 Å².